The Morgan fingerprint density at radius 1 is 1.21 bits per heavy atom. The lowest BCUT2D eigenvalue weighted by Gasteiger charge is -2.21. The van der Waals surface area contributed by atoms with E-state index in [1.54, 1.807) is 13.3 Å². The van der Waals surface area contributed by atoms with Crippen molar-refractivity contribution in [2.75, 3.05) is 7.11 Å². The third-order valence-corrected chi connectivity index (χ3v) is 5.68. The number of thiazole rings is 1. The number of methoxy groups -OCH3 is 1. The Labute approximate surface area is 169 Å². The molecule has 0 radical (unpaired) electrons. The molecule has 1 N–H and O–H groups in total. The average molecular weight is 396 g/mol. The summed E-state index contributed by atoms with van der Waals surface area (Å²) in [5, 5.41) is 12.1. The van der Waals surface area contributed by atoms with Crippen molar-refractivity contribution >= 4 is 17.3 Å². The predicted octanol–water partition coefficient (Wildman–Crippen LogP) is 5.72. The van der Waals surface area contributed by atoms with Crippen LogP contribution < -0.4 is 4.74 Å². The minimum absolute atomic E-state index is 0.0101. The Morgan fingerprint density at radius 3 is 2.61 bits per heavy atom. The van der Waals surface area contributed by atoms with Gasteiger partial charge < -0.3 is 9.84 Å². The molecule has 1 atom stereocenters. The molecule has 0 amide bonds. The van der Waals surface area contributed by atoms with Gasteiger partial charge in [-0.2, -0.15) is 0 Å². The van der Waals surface area contributed by atoms with Crippen molar-refractivity contribution in [1.29, 1.82) is 0 Å². The van der Waals surface area contributed by atoms with E-state index < -0.39 is 5.97 Å². The minimum Gasteiger partial charge on any atom is -0.496 e. The molecule has 5 heteroatoms. The third kappa shape index (κ3) is 4.42. The lowest BCUT2D eigenvalue weighted by Crippen LogP contribution is -2.11. The van der Waals surface area contributed by atoms with Crippen LogP contribution in [0, 0.1) is 0 Å². The lowest BCUT2D eigenvalue weighted by atomic mass is 9.84. The first-order chi connectivity index (χ1) is 13.3. The number of ether oxygens (including phenoxy) is 1. The number of carboxylic acids is 1. The first-order valence-electron chi connectivity index (χ1n) is 9.19. The number of hydrogen-bond donors (Lipinski definition) is 1. The van der Waals surface area contributed by atoms with E-state index in [-0.39, 0.29) is 17.8 Å². The van der Waals surface area contributed by atoms with Crippen LogP contribution in [0.1, 0.15) is 49.2 Å². The second-order valence-electron chi connectivity index (χ2n) is 7.81. The molecule has 2 aromatic carbocycles. The minimum atomic E-state index is -0.835. The van der Waals surface area contributed by atoms with Crippen molar-refractivity contribution < 1.29 is 14.6 Å². The predicted molar refractivity (Wildman–Crippen MR) is 113 cm³/mol. The van der Waals surface area contributed by atoms with Gasteiger partial charge in [-0.1, -0.05) is 51.1 Å². The van der Waals surface area contributed by atoms with Gasteiger partial charge in [-0.25, -0.2) is 4.98 Å². The van der Waals surface area contributed by atoms with Gasteiger partial charge in [0, 0.05) is 23.1 Å². The fourth-order valence-corrected chi connectivity index (χ4v) is 4.02. The molecule has 0 bridgehead atoms. The summed E-state index contributed by atoms with van der Waals surface area (Å²) in [6, 6.07) is 14.3. The number of aliphatic carboxylic acids is 1. The molecule has 3 aromatic rings. The van der Waals surface area contributed by atoms with Crippen LogP contribution in [0.2, 0.25) is 0 Å². The van der Waals surface area contributed by atoms with E-state index in [2.05, 4.69) is 44.0 Å². The van der Waals surface area contributed by atoms with Crippen LogP contribution in [0.15, 0.2) is 54.0 Å². The van der Waals surface area contributed by atoms with Gasteiger partial charge in [0.05, 0.1) is 13.5 Å². The Balaban J connectivity index is 2.09. The summed E-state index contributed by atoms with van der Waals surface area (Å²) >= 11 is 1.48. The number of hydrogen-bond acceptors (Lipinski definition) is 4. The first kappa shape index (κ1) is 20.1. The summed E-state index contributed by atoms with van der Waals surface area (Å²) in [5.41, 5.74) is 4.19. The standard InChI is InChI=1S/C23H25NO3S/c1-23(2,3)17-8-9-20(27-4)18(13-17)15-6-5-7-16(12-15)19(14-21(25)26)22-24-10-11-28-22/h5-13,19H,14H2,1-4H3,(H,25,26)/t19-/m1/s1. The van der Waals surface area contributed by atoms with E-state index in [9.17, 15) is 9.90 Å². The lowest BCUT2D eigenvalue weighted by molar-refractivity contribution is -0.137. The summed E-state index contributed by atoms with van der Waals surface area (Å²) < 4.78 is 5.60. The molecular weight excluding hydrogens is 370 g/mol. The quantitative estimate of drug-likeness (QED) is 0.580. The number of carboxylic acid groups (broad SMARTS) is 1. The molecule has 0 saturated heterocycles. The molecule has 28 heavy (non-hydrogen) atoms. The van der Waals surface area contributed by atoms with Gasteiger partial charge in [-0.3, -0.25) is 4.79 Å². The van der Waals surface area contributed by atoms with Crippen LogP contribution in [0.5, 0.6) is 5.75 Å². The fourth-order valence-electron chi connectivity index (χ4n) is 3.25. The zero-order valence-corrected chi connectivity index (χ0v) is 17.4. The molecule has 0 saturated carbocycles. The van der Waals surface area contributed by atoms with E-state index in [0.29, 0.717) is 0 Å². The average Bonchev–Trinajstić information content (AvgIpc) is 3.19. The van der Waals surface area contributed by atoms with Gasteiger partial charge in [0.25, 0.3) is 0 Å². The van der Waals surface area contributed by atoms with E-state index in [0.717, 1.165) is 27.4 Å². The second-order valence-corrected chi connectivity index (χ2v) is 8.74. The van der Waals surface area contributed by atoms with Gasteiger partial charge in [-0.05, 0) is 34.2 Å². The molecule has 0 aliphatic rings. The summed E-state index contributed by atoms with van der Waals surface area (Å²) in [4.78, 5) is 15.8. The summed E-state index contributed by atoms with van der Waals surface area (Å²) in [7, 11) is 1.67. The van der Waals surface area contributed by atoms with Crippen molar-refractivity contribution in [1.82, 2.24) is 4.98 Å². The van der Waals surface area contributed by atoms with Crippen LogP contribution in [0.25, 0.3) is 11.1 Å². The molecule has 1 aromatic heterocycles. The van der Waals surface area contributed by atoms with Gasteiger partial charge in [0.1, 0.15) is 10.8 Å². The molecule has 146 valence electrons. The first-order valence-corrected chi connectivity index (χ1v) is 10.1. The molecule has 4 nitrogen and oxygen atoms in total. The highest BCUT2D eigenvalue weighted by Gasteiger charge is 2.22. The molecule has 0 unspecified atom stereocenters. The molecular formula is C23H25NO3S. The molecule has 3 rings (SSSR count). The van der Waals surface area contributed by atoms with Crippen LogP contribution in [-0.2, 0) is 10.2 Å². The largest absolute Gasteiger partial charge is 0.496 e. The van der Waals surface area contributed by atoms with Crippen molar-refractivity contribution in [3.05, 3.63) is 70.2 Å². The Kier molecular flexibility index (Phi) is 5.84. The Hall–Kier alpha value is -2.66. The number of benzene rings is 2. The maximum Gasteiger partial charge on any atom is 0.304 e. The second kappa shape index (κ2) is 8.15. The van der Waals surface area contributed by atoms with Crippen LogP contribution in [-0.4, -0.2) is 23.2 Å². The van der Waals surface area contributed by atoms with E-state index in [1.165, 1.54) is 16.9 Å². The van der Waals surface area contributed by atoms with Crippen LogP contribution in [0.3, 0.4) is 0 Å². The van der Waals surface area contributed by atoms with Crippen LogP contribution in [0.4, 0.5) is 0 Å². The van der Waals surface area contributed by atoms with E-state index in [4.69, 9.17) is 4.74 Å². The Bertz CT molecular complexity index is 958. The van der Waals surface area contributed by atoms with Gasteiger partial charge >= 0.3 is 5.97 Å². The van der Waals surface area contributed by atoms with Crippen LogP contribution >= 0.6 is 11.3 Å². The third-order valence-electron chi connectivity index (χ3n) is 4.79. The molecule has 0 spiro atoms. The number of rotatable bonds is 6. The highest BCUT2D eigenvalue weighted by Crippen LogP contribution is 2.37. The highest BCUT2D eigenvalue weighted by molar-refractivity contribution is 7.09. The molecule has 0 aliphatic carbocycles. The van der Waals surface area contributed by atoms with Crippen molar-refractivity contribution in [3.8, 4) is 16.9 Å². The maximum atomic E-state index is 11.4. The zero-order valence-electron chi connectivity index (χ0n) is 16.6. The van der Waals surface area contributed by atoms with Gasteiger partial charge in [0.15, 0.2) is 0 Å². The monoisotopic (exact) mass is 395 g/mol. The van der Waals surface area contributed by atoms with E-state index in [1.807, 2.05) is 29.6 Å². The summed E-state index contributed by atoms with van der Waals surface area (Å²) in [6.45, 7) is 6.54. The zero-order chi connectivity index (χ0) is 20.3. The van der Waals surface area contributed by atoms with Crippen molar-refractivity contribution in [2.45, 2.75) is 38.5 Å². The summed E-state index contributed by atoms with van der Waals surface area (Å²) in [6.07, 6.45) is 1.73. The van der Waals surface area contributed by atoms with Gasteiger partial charge in [0.2, 0.25) is 0 Å². The number of nitrogens with zero attached hydrogens (tertiary/aromatic N) is 1. The number of carbonyl (C=O) groups is 1. The summed E-state index contributed by atoms with van der Waals surface area (Å²) in [5.74, 6) is -0.304. The number of aromatic nitrogens is 1. The van der Waals surface area contributed by atoms with Crippen molar-refractivity contribution in [3.63, 3.8) is 0 Å². The van der Waals surface area contributed by atoms with Gasteiger partial charge in [-0.15, -0.1) is 11.3 Å². The maximum absolute atomic E-state index is 11.4. The molecule has 0 aliphatic heterocycles. The van der Waals surface area contributed by atoms with E-state index >= 15 is 0 Å². The fraction of sp³-hybridized carbons (Fsp3) is 0.304. The molecule has 1 heterocycles. The molecule has 0 fully saturated rings. The Morgan fingerprint density at radius 2 is 2.00 bits per heavy atom. The normalized spacial score (nSPS) is 12.6. The smallest absolute Gasteiger partial charge is 0.304 e. The highest BCUT2D eigenvalue weighted by atomic mass is 32.1. The SMILES string of the molecule is COc1ccc(C(C)(C)C)cc1-c1cccc([C@@H](CC(=O)O)c2nccs2)c1. The van der Waals surface area contributed by atoms with Crippen molar-refractivity contribution in [2.24, 2.45) is 0 Å². The topological polar surface area (TPSA) is 59.4 Å².